The van der Waals surface area contributed by atoms with Gasteiger partial charge in [-0.3, -0.25) is 0 Å². The maximum absolute atomic E-state index is 5.52. The molecule has 2 aromatic heterocycles. The molecule has 62 valence electrons. The predicted octanol–water partition coefficient (Wildman–Crippen LogP) is 0.951. The van der Waals surface area contributed by atoms with Gasteiger partial charge in [-0.25, -0.2) is 9.50 Å². The van der Waals surface area contributed by atoms with E-state index in [2.05, 4.69) is 26.0 Å². The van der Waals surface area contributed by atoms with Crippen LogP contribution in [0.4, 0.5) is 0 Å². The summed E-state index contributed by atoms with van der Waals surface area (Å²) in [6.45, 7) is 0.465. The highest BCUT2D eigenvalue weighted by Gasteiger charge is 2.03. The fourth-order valence-electron chi connectivity index (χ4n) is 1.07. The minimum atomic E-state index is 0.465. The van der Waals surface area contributed by atoms with E-state index in [1.807, 2.05) is 6.07 Å². The minimum absolute atomic E-state index is 0.465. The Hall–Kier alpha value is -0.940. The van der Waals surface area contributed by atoms with Crippen molar-refractivity contribution < 1.29 is 0 Å². The largest absolute Gasteiger partial charge is 0.325 e. The van der Waals surface area contributed by atoms with Gasteiger partial charge in [0.05, 0.1) is 16.4 Å². The average Bonchev–Trinajstić information content (AvgIpc) is 2.48. The van der Waals surface area contributed by atoms with E-state index in [9.17, 15) is 0 Å². The van der Waals surface area contributed by atoms with Crippen molar-refractivity contribution in [1.82, 2.24) is 14.6 Å². The fourth-order valence-corrected chi connectivity index (χ4v) is 1.43. The molecule has 0 atom stereocenters. The second kappa shape index (κ2) is 2.84. The van der Waals surface area contributed by atoms with Crippen LogP contribution in [0.15, 0.2) is 22.9 Å². The molecule has 2 aromatic rings. The molecular weight excluding hydrogens is 220 g/mol. The molecule has 0 aromatic carbocycles. The van der Waals surface area contributed by atoms with Gasteiger partial charge in [-0.15, -0.1) is 0 Å². The molecule has 0 radical (unpaired) electrons. The van der Waals surface area contributed by atoms with Gasteiger partial charge >= 0.3 is 0 Å². The van der Waals surface area contributed by atoms with Crippen LogP contribution in [0.2, 0.25) is 0 Å². The van der Waals surface area contributed by atoms with Crippen LogP contribution >= 0.6 is 15.9 Å². The summed E-state index contributed by atoms with van der Waals surface area (Å²) in [7, 11) is 0. The number of rotatable bonds is 1. The first-order chi connectivity index (χ1) is 5.83. The summed E-state index contributed by atoms with van der Waals surface area (Å²) < 4.78 is 2.61. The van der Waals surface area contributed by atoms with E-state index in [0.29, 0.717) is 6.54 Å². The van der Waals surface area contributed by atoms with E-state index >= 15 is 0 Å². The zero-order valence-electron chi connectivity index (χ0n) is 6.24. The molecule has 2 rings (SSSR count). The lowest BCUT2D eigenvalue weighted by Gasteiger charge is -1.99. The Balaban J connectivity index is 2.81. The van der Waals surface area contributed by atoms with Crippen LogP contribution in [0, 0.1) is 0 Å². The first kappa shape index (κ1) is 7.70. The summed E-state index contributed by atoms with van der Waals surface area (Å²) in [5.41, 5.74) is 7.27. The van der Waals surface area contributed by atoms with E-state index in [-0.39, 0.29) is 0 Å². The molecule has 2 heterocycles. The van der Waals surface area contributed by atoms with E-state index in [4.69, 9.17) is 5.73 Å². The maximum Gasteiger partial charge on any atom is 0.169 e. The number of aromatic nitrogens is 3. The van der Waals surface area contributed by atoms with Crippen molar-refractivity contribution in [2.45, 2.75) is 6.54 Å². The molecule has 2 N–H and O–H groups in total. The lowest BCUT2D eigenvalue weighted by Crippen LogP contribution is -2.05. The first-order valence-corrected chi connectivity index (χ1v) is 4.29. The third-order valence-corrected chi connectivity index (χ3v) is 2.21. The number of hydrogen-bond donors (Lipinski definition) is 1. The molecular formula is C7H7BrN4. The zero-order valence-corrected chi connectivity index (χ0v) is 7.82. The Morgan fingerprint density at radius 2 is 2.42 bits per heavy atom. The molecule has 0 spiro atoms. The number of nitrogens with zero attached hydrogens (tertiary/aromatic N) is 3. The molecule has 0 aliphatic heterocycles. The Labute approximate surface area is 77.5 Å². The van der Waals surface area contributed by atoms with Crippen LogP contribution in [-0.2, 0) is 6.54 Å². The summed E-state index contributed by atoms with van der Waals surface area (Å²) >= 11 is 3.34. The summed E-state index contributed by atoms with van der Waals surface area (Å²) in [4.78, 5) is 4.15. The topological polar surface area (TPSA) is 56.2 Å². The van der Waals surface area contributed by atoms with Gasteiger partial charge in [0, 0.05) is 12.7 Å². The normalized spacial score (nSPS) is 10.8. The van der Waals surface area contributed by atoms with Gasteiger partial charge in [-0.2, -0.15) is 5.10 Å². The molecule has 0 bridgehead atoms. The Morgan fingerprint density at radius 1 is 1.58 bits per heavy atom. The van der Waals surface area contributed by atoms with Crippen LogP contribution in [0.1, 0.15) is 5.69 Å². The molecule has 0 saturated heterocycles. The van der Waals surface area contributed by atoms with Gasteiger partial charge in [0.25, 0.3) is 0 Å². The van der Waals surface area contributed by atoms with Gasteiger partial charge in [0.15, 0.2) is 5.65 Å². The smallest absolute Gasteiger partial charge is 0.169 e. The zero-order chi connectivity index (χ0) is 8.55. The van der Waals surface area contributed by atoms with Gasteiger partial charge in [-0.1, -0.05) is 0 Å². The predicted molar refractivity (Wildman–Crippen MR) is 48.6 cm³/mol. The van der Waals surface area contributed by atoms with E-state index < -0.39 is 0 Å². The number of halogens is 1. The highest BCUT2D eigenvalue weighted by Crippen LogP contribution is 2.15. The maximum atomic E-state index is 5.52. The van der Waals surface area contributed by atoms with Crippen LogP contribution in [-0.4, -0.2) is 14.6 Å². The summed E-state index contributed by atoms with van der Waals surface area (Å²) in [5, 5.41) is 4.12. The Kier molecular flexibility index (Phi) is 1.82. The van der Waals surface area contributed by atoms with Crippen molar-refractivity contribution in [2.24, 2.45) is 5.73 Å². The standard InChI is InChI=1S/C7H7BrN4/c8-6-4-11-12-5(3-9)1-2-10-7(6)12/h1-2,4H,3,9H2. The van der Waals surface area contributed by atoms with Crippen LogP contribution in [0.25, 0.3) is 5.65 Å². The monoisotopic (exact) mass is 226 g/mol. The molecule has 0 fully saturated rings. The Bertz CT molecular complexity index is 409. The number of nitrogens with two attached hydrogens (primary N) is 1. The van der Waals surface area contributed by atoms with Crippen LogP contribution in [0.5, 0.6) is 0 Å². The van der Waals surface area contributed by atoms with E-state index in [1.165, 1.54) is 0 Å². The lowest BCUT2D eigenvalue weighted by molar-refractivity contribution is 0.835. The average molecular weight is 227 g/mol. The second-order valence-corrected chi connectivity index (χ2v) is 3.22. The van der Waals surface area contributed by atoms with Crippen molar-refractivity contribution in [1.29, 1.82) is 0 Å². The molecule has 5 heteroatoms. The van der Waals surface area contributed by atoms with Crippen LogP contribution < -0.4 is 5.73 Å². The summed E-state index contributed by atoms with van der Waals surface area (Å²) in [5.74, 6) is 0. The minimum Gasteiger partial charge on any atom is -0.325 e. The van der Waals surface area contributed by atoms with Crippen molar-refractivity contribution in [3.63, 3.8) is 0 Å². The summed E-state index contributed by atoms with van der Waals surface area (Å²) in [6.07, 6.45) is 3.44. The van der Waals surface area contributed by atoms with Crippen molar-refractivity contribution in [3.8, 4) is 0 Å². The molecule has 0 saturated carbocycles. The van der Waals surface area contributed by atoms with Gasteiger partial charge in [-0.05, 0) is 22.0 Å². The van der Waals surface area contributed by atoms with Gasteiger partial charge in [0.1, 0.15) is 0 Å². The first-order valence-electron chi connectivity index (χ1n) is 3.50. The molecule has 0 aliphatic rings. The molecule has 0 unspecified atom stereocenters. The van der Waals surface area contributed by atoms with Crippen LogP contribution in [0.3, 0.4) is 0 Å². The summed E-state index contributed by atoms with van der Waals surface area (Å²) in [6, 6.07) is 1.85. The fraction of sp³-hybridized carbons (Fsp3) is 0.143. The van der Waals surface area contributed by atoms with E-state index in [1.54, 1.807) is 16.9 Å². The third-order valence-electron chi connectivity index (χ3n) is 1.65. The number of fused-ring (bicyclic) bond motifs is 1. The van der Waals surface area contributed by atoms with E-state index in [0.717, 1.165) is 15.8 Å². The lowest BCUT2D eigenvalue weighted by atomic mass is 10.4. The molecule has 4 nitrogen and oxygen atoms in total. The van der Waals surface area contributed by atoms with Crippen molar-refractivity contribution >= 4 is 21.6 Å². The SMILES string of the molecule is NCc1ccnc2c(Br)cnn12. The third kappa shape index (κ3) is 1.02. The molecule has 0 amide bonds. The highest BCUT2D eigenvalue weighted by atomic mass is 79.9. The quantitative estimate of drug-likeness (QED) is 0.788. The van der Waals surface area contributed by atoms with Crippen molar-refractivity contribution in [2.75, 3.05) is 0 Å². The molecule has 0 aliphatic carbocycles. The second-order valence-electron chi connectivity index (χ2n) is 2.37. The number of hydrogen-bond acceptors (Lipinski definition) is 3. The highest BCUT2D eigenvalue weighted by molar-refractivity contribution is 9.10. The van der Waals surface area contributed by atoms with Crippen molar-refractivity contribution in [3.05, 3.63) is 28.6 Å². The van der Waals surface area contributed by atoms with Gasteiger partial charge in [0.2, 0.25) is 0 Å². The molecule has 12 heavy (non-hydrogen) atoms. The Morgan fingerprint density at radius 3 is 3.17 bits per heavy atom. The van der Waals surface area contributed by atoms with Gasteiger partial charge < -0.3 is 5.73 Å².